The highest BCUT2D eigenvalue weighted by Gasteiger charge is 2.37. The lowest BCUT2D eigenvalue weighted by Gasteiger charge is -2.36. The first-order valence-electron chi connectivity index (χ1n) is 5.94. The van der Waals surface area contributed by atoms with Crippen molar-refractivity contribution in [2.45, 2.75) is 38.1 Å². The van der Waals surface area contributed by atoms with Gasteiger partial charge in [0.2, 0.25) is 0 Å². The van der Waals surface area contributed by atoms with Crippen LogP contribution >= 0.6 is 0 Å². The Morgan fingerprint density at radius 2 is 2.00 bits per heavy atom. The van der Waals surface area contributed by atoms with E-state index in [-0.39, 0.29) is 17.4 Å². The quantitative estimate of drug-likeness (QED) is 0.796. The molecule has 3 heteroatoms. The molecule has 0 aliphatic carbocycles. The monoisotopic (exact) mass is 235 g/mol. The Hall–Kier alpha value is -1.35. The second kappa shape index (κ2) is 5.82. The molecule has 2 atom stereocenters. The largest absolute Gasteiger partial charge is 0.469 e. The van der Waals surface area contributed by atoms with Gasteiger partial charge >= 0.3 is 5.97 Å². The van der Waals surface area contributed by atoms with Crippen molar-refractivity contribution in [1.82, 2.24) is 0 Å². The molecule has 0 aliphatic rings. The lowest BCUT2D eigenvalue weighted by molar-refractivity contribution is -0.142. The second-order valence-corrected chi connectivity index (χ2v) is 4.42. The molecule has 0 saturated heterocycles. The maximum atomic E-state index is 11.6. The van der Waals surface area contributed by atoms with Gasteiger partial charge in [0, 0.05) is 11.5 Å². The van der Waals surface area contributed by atoms with Crippen LogP contribution in [-0.4, -0.2) is 19.1 Å². The predicted octanol–water partition coefficient (Wildman–Crippen LogP) is 2.24. The third-order valence-electron chi connectivity index (χ3n) is 3.54. The standard InChI is InChI=1S/C14H21NO2/c1-4-14(11(2)15,10-13(16)17-3)12-8-6-5-7-9-12/h5-9,11H,4,10,15H2,1-3H3. The first-order valence-corrected chi connectivity index (χ1v) is 5.94. The number of ether oxygens (including phenoxy) is 1. The molecule has 0 amide bonds. The van der Waals surface area contributed by atoms with Crippen LogP contribution in [0.5, 0.6) is 0 Å². The van der Waals surface area contributed by atoms with Crippen molar-refractivity contribution in [3.63, 3.8) is 0 Å². The Kier molecular flexibility index (Phi) is 4.70. The van der Waals surface area contributed by atoms with Crippen LogP contribution in [0.1, 0.15) is 32.3 Å². The third kappa shape index (κ3) is 2.86. The van der Waals surface area contributed by atoms with Crippen LogP contribution in [0.2, 0.25) is 0 Å². The summed E-state index contributed by atoms with van der Waals surface area (Å²) in [4.78, 5) is 11.6. The number of carbonyl (C=O) groups is 1. The molecule has 0 heterocycles. The highest BCUT2D eigenvalue weighted by molar-refractivity contribution is 5.71. The molecule has 0 radical (unpaired) electrons. The van der Waals surface area contributed by atoms with E-state index >= 15 is 0 Å². The van der Waals surface area contributed by atoms with Gasteiger partial charge in [-0.1, -0.05) is 37.3 Å². The van der Waals surface area contributed by atoms with E-state index in [1.54, 1.807) is 0 Å². The van der Waals surface area contributed by atoms with Crippen LogP contribution in [0, 0.1) is 0 Å². The number of hydrogen-bond donors (Lipinski definition) is 1. The zero-order valence-electron chi connectivity index (χ0n) is 10.8. The third-order valence-corrected chi connectivity index (χ3v) is 3.54. The summed E-state index contributed by atoms with van der Waals surface area (Å²) in [6.45, 7) is 4.00. The second-order valence-electron chi connectivity index (χ2n) is 4.42. The molecule has 0 aliphatic heterocycles. The fourth-order valence-corrected chi connectivity index (χ4v) is 2.28. The number of hydrogen-bond acceptors (Lipinski definition) is 3. The maximum absolute atomic E-state index is 11.6. The summed E-state index contributed by atoms with van der Waals surface area (Å²) in [7, 11) is 1.41. The van der Waals surface area contributed by atoms with Crippen molar-refractivity contribution in [3.05, 3.63) is 35.9 Å². The van der Waals surface area contributed by atoms with Gasteiger partial charge in [-0.15, -0.1) is 0 Å². The molecule has 2 unspecified atom stereocenters. The van der Waals surface area contributed by atoms with Crippen LogP contribution < -0.4 is 5.73 Å². The molecule has 0 fully saturated rings. The predicted molar refractivity (Wildman–Crippen MR) is 68.7 cm³/mol. The molecule has 94 valence electrons. The van der Waals surface area contributed by atoms with Crippen molar-refractivity contribution in [3.8, 4) is 0 Å². The normalized spacial score (nSPS) is 16.0. The molecule has 0 saturated carbocycles. The average Bonchev–Trinajstić information content (AvgIpc) is 2.36. The summed E-state index contributed by atoms with van der Waals surface area (Å²) in [5.74, 6) is -0.215. The van der Waals surface area contributed by atoms with Crippen molar-refractivity contribution in [2.24, 2.45) is 5.73 Å². The summed E-state index contributed by atoms with van der Waals surface area (Å²) in [5, 5.41) is 0. The van der Waals surface area contributed by atoms with Gasteiger partial charge in [-0.25, -0.2) is 0 Å². The summed E-state index contributed by atoms with van der Waals surface area (Å²) in [6, 6.07) is 9.85. The van der Waals surface area contributed by atoms with Gasteiger partial charge in [-0.3, -0.25) is 4.79 Å². The van der Waals surface area contributed by atoms with E-state index in [0.717, 1.165) is 12.0 Å². The maximum Gasteiger partial charge on any atom is 0.306 e. The lowest BCUT2D eigenvalue weighted by atomic mass is 9.70. The Balaban J connectivity index is 3.13. The highest BCUT2D eigenvalue weighted by Crippen LogP contribution is 2.34. The van der Waals surface area contributed by atoms with Gasteiger partial charge in [0.15, 0.2) is 0 Å². The zero-order chi connectivity index (χ0) is 12.9. The summed E-state index contributed by atoms with van der Waals surface area (Å²) in [6.07, 6.45) is 1.13. The summed E-state index contributed by atoms with van der Waals surface area (Å²) >= 11 is 0. The fraction of sp³-hybridized carbons (Fsp3) is 0.500. The van der Waals surface area contributed by atoms with Crippen LogP contribution in [0.15, 0.2) is 30.3 Å². The molecule has 2 N–H and O–H groups in total. The van der Waals surface area contributed by atoms with Crippen LogP contribution in [0.25, 0.3) is 0 Å². The van der Waals surface area contributed by atoms with E-state index < -0.39 is 0 Å². The summed E-state index contributed by atoms with van der Waals surface area (Å²) in [5.41, 5.74) is 6.87. The lowest BCUT2D eigenvalue weighted by Crippen LogP contribution is -2.44. The van der Waals surface area contributed by atoms with Crippen molar-refractivity contribution >= 4 is 5.97 Å². The molecule has 1 aromatic carbocycles. The van der Waals surface area contributed by atoms with E-state index in [9.17, 15) is 4.79 Å². The van der Waals surface area contributed by atoms with Crippen molar-refractivity contribution in [1.29, 1.82) is 0 Å². The number of methoxy groups -OCH3 is 1. The Bertz CT molecular complexity index is 362. The number of benzene rings is 1. The molecular formula is C14H21NO2. The Morgan fingerprint density at radius 3 is 2.41 bits per heavy atom. The molecule has 3 nitrogen and oxygen atoms in total. The molecule has 0 spiro atoms. The molecule has 0 bridgehead atoms. The Morgan fingerprint density at radius 1 is 1.41 bits per heavy atom. The smallest absolute Gasteiger partial charge is 0.306 e. The van der Waals surface area contributed by atoms with Crippen LogP contribution in [0.3, 0.4) is 0 Å². The van der Waals surface area contributed by atoms with Gasteiger partial charge < -0.3 is 10.5 Å². The van der Waals surface area contributed by atoms with E-state index in [1.807, 2.05) is 37.3 Å². The van der Waals surface area contributed by atoms with Crippen molar-refractivity contribution in [2.75, 3.05) is 7.11 Å². The fourth-order valence-electron chi connectivity index (χ4n) is 2.28. The minimum atomic E-state index is -0.339. The van der Waals surface area contributed by atoms with Gasteiger partial charge in [0.05, 0.1) is 13.5 Å². The number of carbonyl (C=O) groups excluding carboxylic acids is 1. The van der Waals surface area contributed by atoms with Gasteiger partial charge in [-0.2, -0.15) is 0 Å². The van der Waals surface area contributed by atoms with E-state index in [2.05, 4.69) is 6.92 Å². The van der Waals surface area contributed by atoms with E-state index in [1.165, 1.54) is 7.11 Å². The van der Waals surface area contributed by atoms with Crippen molar-refractivity contribution < 1.29 is 9.53 Å². The molecular weight excluding hydrogens is 214 g/mol. The first-order chi connectivity index (χ1) is 8.06. The van der Waals surface area contributed by atoms with Crippen LogP contribution in [0.4, 0.5) is 0 Å². The zero-order valence-corrected chi connectivity index (χ0v) is 10.8. The first kappa shape index (κ1) is 13.7. The summed E-state index contributed by atoms with van der Waals surface area (Å²) < 4.78 is 4.78. The Labute approximate surface area is 103 Å². The highest BCUT2D eigenvalue weighted by atomic mass is 16.5. The average molecular weight is 235 g/mol. The minimum Gasteiger partial charge on any atom is -0.469 e. The van der Waals surface area contributed by atoms with Gasteiger partial charge in [0.1, 0.15) is 0 Å². The SMILES string of the molecule is CCC(CC(=O)OC)(c1ccccc1)C(C)N. The van der Waals surface area contributed by atoms with Gasteiger partial charge in [-0.05, 0) is 18.9 Å². The number of nitrogens with two attached hydrogens (primary N) is 1. The molecule has 1 rings (SSSR count). The molecule has 17 heavy (non-hydrogen) atoms. The molecule has 1 aromatic rings. The number of esters is 1. The number of rotatable bonds is 5. The van der Waals surface area contributed by atoms with Crippen LogP contribution in [-0.2, 0) is 14.9 Å². The van der Waals surface area contributed by atoms with Gasteiger partial charge in [0.25, 0.3) is 0 Å². The molecule has 0 aromatic heterocycles. The topological polar surface area (TPSA) is 52.3 Å². The van der Waals surface area contributed by atoms with E-state index in [4.69, 9.17) is 10.5 Å². The van der Waals surface area contributed by atoms with E-state index in [0.29, 0.717) is 6.42 Å². The minimum absolute atomic E-state index is 0.103.